The molecular weight excluding hydrogens is 336 g/mol. The zero-order chi connectivity index (χ0) is 16.3. The monoisotopic (exact) mass is 348 g/mol. The molecule has 1 heterocycles. The van der Waals surface area contributed by atoms with Gasteiger partial charge in [0.2, 0.25) is 5.16 Å². The molecule has 0 fully saturated rings. The van der Waals surface area contributed by atoms with E-state index in [1.807, 2.05) is 30.3 Å². The van der Waals surface area contributed by atoms with Crippen molar-refractivity contribution in [3.63, 3.8) is 0 Å². The van der Waals surface area contributed by atoms with E-state index in [9.17, 15) is 8.42 Å². The second-order valence-corrected chi connectivity index (χ2v) is 6.98. The Bertz CT molecular complexity index is 911. The number of hydrogen-bond donors (Lipinski definition) is 1. The lowest BCUT2D eigenvalue weighted by atomic mass is 10.2. The highest BCUT2D eigenvalue weighted by Gasteiger charge is 2.14. The summed E-state index contributed by atoms with van der Waals surface area (Å²) in [4.78, 5) is -0.204. The first-order valence-electron chi connectivity index (χ1n) is 6.57. The van der Waals surface area contributed by atoms with Gasteiger partial charge in [0.25, 0.3) is 10.1 Å². The van der Waals surface area contributed by atoms with E-state index in [4.69, 9.17) is 4.55 Å². The van der Waals surface area contributed by atoms with Gasteiger partial charge in [-0.3, -0.25) is 4.55 Å². The first-order valence-corrected chi connectivity index (χ1v) is 8.99. The van der Waals surface area contributed by atoms with Crippen LogP contribution in [-0.2, 0) is 15.9 Å². The SMILES string of the molecule is O=S(=O)(O)c1cccc(-n2nnnc2SCc2ccccc2)c1. The Morgan fingerprint density at radius 1 is 1.09 bits per heavy atom. The number of nitrogens with zero attached hydrogens (tertiary/aromatic N) is 4. The predicted molar refractivity (Wildman–Crippen MR) is 85.0 cm³/mol. The van der Waals surface area contributed by atoms with Gasteiger partial charge in [-0.1, -0.05) is 48.2 Å². The largest absolute Gasteiger partial charge is 0.294 e. The molecule has 0 spiro atoms. The third kappa shape index (κ3) is 3.76. The molecule has 118 valence electrons. The van der Waals surface area contributed by atoms with Crippen LogP contribution in [0.25, 0.3) is 5.69 Å². The van der Waals surface area contributed by atoms with E-state index < -0.39 is 10.1 Å². The van der Waals surface area contributed by atoms with Crippen molar-refractivity contribution >= 4 is 21.9 Å². The van der Waals surface area contributed by atoms with Crippen LogP contribution in [0.1, 0.15) is 5.56 Å². The molecule has 0 saturated carbocycles. The van der Waals surface area contributed by atoms with Crippen molar-refractivity contribution in [2.45, 2.75) is 15.8 Å². The minimum Gasteiger partial charge on any atom is -0.282 e. The minimum atomic E-state index is -4.27. The first-order chi connectivity index (χ1) is 11.0. The second-order valence-electron chi connectivity index (χ2n) is 4.62. The summed E-state index contributed by atoms with van der Waals surface area (Å²) in [5.74, 6) is 0.680. The van der Waals surface area contributed by atoms with Crippen molar-refractivity contribution in [1.29, 1.82) is 0 Å². The first kappa shape index (κ1) is 15.7. The van der Waals surface area contributed by atoms with E-state index in [-0.39, 0.29) is 4.90 Å². The molecule has 0 aliphatic rings. The topological polar surface area (TPSA) is 98.0 Å². The minimum absolute atomic E-state index is 0.204. The Hall–Kier alpha value is -2.23. The quantitative estimate of drug-likeness (QED) is 0.557. The Morgan fingerprint density at radius 2 is 1.87 bits per heavy atom. The lowest BCUT2D eigenvalue weighted by Gasteiger charge is -2.05. The lowest BCUT2D eigenvalue weighted by molar-refractivity contribution is 0.483. The van der Waals surface area contributed by atoms with Gasteiger partial charge < -0.3 is 0 Å². The van der Waals surface area contributed by atoms with Crippen molar-refractivity contribution in [2.75, 3.05) is 0 Å². The van der Waals surface area contributed by atoms with Crippen molar-refractivity contribution in [3.05, 3.63) is 60.2 Å². The molecule has 2 aromatic carbocycles. The summed E-state index contributed by atoms with van der Waals surface area (Å²) in [6, 6.07) is 15.7. The van der Waals surface area contributed by atoms with Crippen molar-refractivity contribution in [2.24, 2.45) is 0 Å². The van der Waals surface area contributed by atoms with Crippen LogP contribution in [0.5, 0.6) is 0 Å². The molecule has 0 aliphatic heterocycles. The van der Waals surface area contributed by atoms with Gasteiger partial charge >= 0.3 is 0 Å². The molecule has 1 N–H and O–H groups in total. The lowest BCUT2D eigenvalue weighted by Crippen LogP contribution is -2.03. The number of thioether (sulfide) groups is 1. The molecule has 3 rings (SSSR count). The van der Waals surface area contributed by atoms with Crippen molar-refractivity contribution in [1.82, 2.24) is 20.2 Å². The van der Waals surface area contributed by atoms with E-state index >= 15 is 0 Å². The van der Waals surface area contributed by atoms with Crippen LogP contribution in [0.4, 0.5) is 0 Å². The van der Waals surface area contributed by atoms with Gasteiger partial charge in [-0.15, -0.1) is 5.10 Å². The van der Waals surface area contributed by atoms with Gasteiger partial charge in [0.05, 0.1) is 10.6 Å². The van der Waals surface area contributed by atoms with Crippen LogP contribution in [0.15, 0.2) is 64.6 Å². The zero-order valence-corrected chi connectivity index (χ0v) is 13.4. The standard InChI is InChI=1S/C14H12N4O3S2/c19-23(20,21)13-8-4-7-12(9-13)18-14(15-16-17-18)22-10-11-5-2-1-3-6-11/h1-9H,10H2,(H,19,20,21). The van der Waals surface area contributed by atoms with E-state index in [0.29, 0.717) is 16.6 Å². The van der Waals surface area contributed by atoms with Crippen molar-refractivity contribution < 1.29 is 13.0 Å². The van der Waals surface area contributed by atoms with Gasteiger partial charge in [-0.25, -0.2) is 0 Å². The molecule has 0 amide bonds. The number of tetrazole rings is 1. The molecule has 7 nitrogen and oxygen atoms in total. The smallest absolute Gasteiger partial charge is 0.282 e. The molecule has 1 aromatic heterocycles. The summed E-state index contributed by atoms with van der Waals surface area (Å²) in [5, 5.41) is 12.0. The fourth-order valence-electron chi connectivity index (χ4n) is 1.93. The van der Waals surface area contributed by atoms with Gasteiger partial charge in [0, 0.05) is 5.75 Å². The Balaban J connectivity index is 1.86. The molecule has 0 saturated heterocycles. The highest BCUT2D eigenvalue weighted by Crippen LogP contribution is 2.23. The summed E-state index contributed by atoms with van der Waals surface area (Å²) in [7, 11) is -4.27. The maximum absolute atomic E-state index is 11.2. The van der Waals surface area contributed by atoms with Crippen LogP contribution >= 0.6 is 11.8 Å². The second kappa shape index (κ2) is 6.49. The zero-order valence-electron chi connectivity index (χ0n) is 11.8. The van der Waals surface area contributed by atoms with Gasteiger partial charge in [-0.2, -0.15) is 13.1 Å². The molecular formula is C14H12N4O3S2. The van der Waals surface area contributed by atoms with Crippen LogP contribution in [-0.4, -0.2) is 33.2 Å². The molecule has 0 atom stereocenters. The summed E-state index contributed by atoms with van der Waals surface area (Å²) in [6.07, 6.45) is 0. The Labute approximate surface area is 137 Å². The summed E-state index contributed by atoms with van der Waals surface area (Å²) in [6.45, 7) is 0. The van der Waals surface area contributed by atoms with Crippen LogP contribution in [0, 0.1) is 0 Å². The molecule has 23 heavy (non-hydrogen) atoms. The Kier molecular flexibility index (Phi) is 4.42. The summed E-state index contributed by atoms with van der Waals surface area (Å²) in [5.41, 5.74) is 1.58. The number of rotatable bonds is 5. The maximum atomic E-state index is 11.2. The average Bonchev–Trinajstić information content (AvgIpc) is 3.02. The van der Waals surface area contributed by atoms with Crippen molar-refractivity contribution in [3.8, 4) is 5.69 Å². The molecule has 0 radical (unpaired) electrons. The number of benzene rings is 2. The number of hydrogen-bond acceptors (Lipinski definition) is 6. The normalized spacial score (nSPS) is 11.5. The van der Waals surface area contributed by atoms with Crippen LogP contribution in [0.2, 0.25) is 0 Å². The fourth-order valence-corrected chi connectivity index (χ4v) is 3.30. The molecule has 0 unspecified atom stereocenters. The molecule has 0 aliphatic carbocycles. The summed E-state index contributed by atoms with van der Waals surface area (Å²) >= 11 is 1.43. The van der Waals surface area contributed by atoms with E-state index in [1.54, 1.807) is 6.07 Å². The highest BCUT2D eigenvalue weighted by molar-refractivity contribution is 7.98. The van der Waals surface area contributed by atoms with Gasteiger partial charge in [0.15, 0.2) is 0 Å². The average molecular weight is 348 g/mol. The van der Waals surface area contributed by atoms with Crippen LogP contribution < -0.4 is 0 Å². The number of aromatic nitrogens is 4. The van der Waals surface area contributed by atoms with Gasteiger partial charge in [0.1, 0.15) is 0 Å². The molecule has 3 aromatic rings. The fraction of sp³-hybridized carbons (Fsp3) is 0.0714. The third-order valence-electron chi connectivity index (χ3n) is 3.01. The van der Waals surface area contributed by atoms with E-state index in [0.717, 1.165) is 5.56 Å². The summed E-state index contributed by atoms with van der Waals surface area (Å²) < 4.78 is 33.1. The van der Waals surface area contributed by atoms with Crippen LogP contribution in [0.3, 0.4) is 0 Å². The van der Waals surface area contributed by atoms with E-state index in [1.165, 1.54) is 34.6 Å². The predicted octanol–water partition coefficient (Wildman–Crippen LogP) is 2.20. The maximum Gasteiger partial charge on any atom is 0.294 e. The van der Waals surface area contributed by atoms with E-state index in [2.05, 4.69) is 15.5 Å². The Morgan fingerprint density at radius 3 is 2.61 bits per heavy atom. The third-order valence-corrected chi connectivity index (χ3v) is 4.85. The van der Waals surface area contributed by atoms with Gasteiger partial charge in [-0.05, 0) is 34.2 Å². The molecule has 9 heteroatoms. The highest BCUT2D eigenvalue weighted by atomic mass is 32.2. The molecule has 0 bridgehead atoms.